The van der Waals surface area contributed by atoms with Crippen LogP contribution in [0.15, 0.2) is 15.8 Å². The minimum Gasteiger partial charge on any atom is -0.391 e. The molecule has 1 aliphatic rings. The molecule has 0 amide bonds. The van der Waals surface area contributed by atoms with Crippen LogP contribution in [0.2, 0.25) is 0 Å². The molecule has 0 aromatic carbocycles. The molecule has 0 spiro atoms. The number of hydrogen-bond donors (Lipinski definition) is 2. The number of nitrogens with zero attached hydrogens (tertiary/aromatic N) is 1. The summed E-state index contributed by atoms with van der Waals surface area (Å²) in [7, 11) is 0. The SMILES string of the molecule is Cc1cn([C@@H]2CO[C@@H](CO)O2)c(=O)[nH]c1=O. The van der Waals surface area contributed by atoms with Crippen LogP contribution in [0.5, 0.6) is 0 Å². The van der Waals surface area contributed by atoms with Crippen molar-refractivity contribution in [1.29, 1.82) is 0 Å². The number of aromatic nitrogens is 2. The van der Waals surface area contributed by atoms with Gasteiger partial charge in [0.2, 0.25) is 0 Å². The van der Waals surface area contributed by atoms with Crippen LogP contribution in [0.1, 0.15) is 11.8 Å². The Morgan fingerprint density at radius 1 is 1.62 bits per heavy atom. The minimum absolute atomic E-state index is 0.163. The van der Waals surface area contributed by atoms with Gasteiger partial charge in [0.15, 0.2) is 12.5 Å². The molecule has 0 unspecified atom stereocenters. The summed E-state index contributed by atoms with van der Waals surface area (Å²) in [5.41, 5.74) is -0.558. The van der Waals surface area contributed by atoms with Gasteiger partial charge in [0.25, 0.3) is 5.56 Å². The smallest absolute Gasteiger partial charge is 0.330 e. The van der Waals surface area contributed by atoms with E-state index in [-0.39, 0.29) is 13.2 Å². The molecule has 88 valence electrons. The number of nitrogens with one attached hydrogen (secondary N) is 1. The summed E-state index contributed by atoms with van der Waals surface area (Å²) in [5.74, 6) is 0. The lowest BCUT2D eigenvalue weighted by atomic mass is 10.4. The van der Waals surface area contributed by atoms with Gasteiger partial charge in [-0.05, 0) is 6.92 Å². The Bertz CT molecular complexity index is 491. The topological polar surface area (TPSA) is 93.6 Å². The molecule has 7 nitrogen and oxygen atoms in total. The van der Waals surface area contributed by atoms with Crippen LogP contribution in [0.3, 0.4) is 0 Å². The fraction of sp³-hybridized carbons (Fsp3) is 0.556. The van der Waals surface area contributed by atoms with E-state index >= 15 is 0 Å². The number of hydrogen-bond acceptors (Lipinski definition) is 5. The Balaban J connectivity index is 2.32. The fourth-order valence-corrected chi connectivity index (χ4v) is 1.49. The van der Waals surface area contributed by atoms with E-state index in [1.807, 2.05) is 0 Å². The second kappa shape index (κ2) is 4.20. The van der Waals surface area contributed by atoms with Crippen LogP contribution in [-0.4, -0.2) is 34.2 Å². The Morgan fingerprint density at radius 2 is 2.38 bits per heavy atom. The Morgan fingerprint density at radius 3 is 3.00 bits per heavy atom. The maximum atomic E-state index is 11.5. The summed E-state index contributed by atoms with van der Waals surface area (Å²) in [4.78, 5) is 24.8. The van der Waals surface area contributed by atoms with Gasteiger partial charge in [0.05, 0.1) is 13.2 Å². The Kier molecular flexibility index (Phi) is 2.90. The molecule has 1 aromatic heterocycles. The molecule has 1 saturated heterocycles. The molecule has 1 aliphatic heterocycles. The highest BCUT2D eigenvalue weighted by Gasteiger charge is 2.27. The molecule has 2 heterocycles. The number of aryl methyl sites for hydroxylation is 1. The third-order valence-electron chi connectivity index (χ3n) is 2.34. The molecule has 2 atom stereocenters. The van der Waals surface area contributed by atoms with E-state index < -0.39 is 23.8 Å². The summed E-state index contributed by atoms with van der Waals surface area (Å²) in [6.07, 6.45) is 0.0823. The summed E-state index contributed by atoms with van der Waals surface area (Å²) in [5, 5.41) is 8.80. The lowest BCUT2D eigenvalue weighted by molar-refractivity contribution is -0.0993. The molecular formula is C9H12N2O5. The van der Waals surface area contributed by atoms with Crippen molar-refractivity contribution in [3.8, 4) is 0 Å². The monoisotopic (exact) mass is 228 g/mol. The van der Waals surface area contributed by atoms with Crippen molar-refractivity contribution < 1.29 is 14.6 Å². The van der Waals surface area contributed by atoms with Crippen LogP contribution in [0.4, 0.5) is 0 Å². The Hall–Kier alpha value is -1.44. The lowest BCUT2D eigenvalue weighted by Gasteiger charge is -2.12. The first-order chi connectivity index (χ1) is 7.61. The van der Waals surface area contributed by atoms with Gasteiger partial charge in [-0.3, -0.25) is 14.3 Å². The first-order valence-electron chi connectivity index (χ1n) is 4.82. The second-order valence-corrected chi connectivity index (χ2v) is 3.51. The summed E-state index contributed by atoms with van der Waals surface area (Å²) in [6.45, 7) is 1.48. The molecule has 1 fully saturated rings. The van der Waals surface area contributed by atoms with Crippen molar-refractivity contribution >= 4 is 0 Å². The van der Waals surface area contributed by atoms with Gasteiger partial charge in [0.1, 0.15) is 0 Å². The van der Waals surface area contributed by atoms with Crippen LogP contribution in [0.25, 0.3) is 0 Å². The normalized spacial score (nSPS) is 24.9. The highest BCUT2D eigenvalue weighted by atomic mass is 16.7. The van der Waals surface area contributed by atoms with Gasteiger partial charge in [0, 0.05) is 11.8 Å². The van der Waals surface area contributed by atoms with E-state index in [0.717, 1.165) is 0 Å². The highest BCUT2D eigenvalue weighted by Crippen LogP contribution is 2.18. The molecule has 2 N–H and O–H groups in total. The molecule has 1 aromatic rings. The van der Waals surface area contributed by atoms with E-state index in [1.54, 1.807) is 6.92 Å². The molecule has 7 heteroatoms. The Labute approximate surface area is 90.2 Å². The molecule has 0 bridgehead atoms. The second-order valence-electron chi connectivity index (χ2n) is 3.51. The number of H-pyrrole nitrogens is 1. The van der Waals surface area contributed by atoms with Crippen LogP contribution < -0.4 is 11.2 Å². The predicted octanol–water partition coefficient (Wildman–Crippen LogP) is -1.29. The van der Waals surface area contributed by atoms with Crippen LogP contribution in [-0.2, 0) is 9.47 Å². The molecular weight excluding hydrogens is 216 g/mol. The standard InChI is InChI=1S/C9H12N2O5/c1-5-2-11(9(14)10-8(5)13)6-4-15-7(3-12)16-6/h2,6-7,12H,3-4H2,1H3,(H,10,13,14)/t6-,7+/m0/s1. The fourth-order valence-electron chi connectivity index (χ4n) is 1.49. The maximum absolute atomic E-state index is 11.5. The van der Waals surface area contributed by atoms with Gasteiger partial charge in [-0.25, -0.2) is 4.79 Å². The van der Waals surface area contributed by atoms with Crippen molar-refractivity contribution in [3.63, 3.8) is 0 Å². The van der Waals surface area contributed by atoms with E-state index in [4.69, 9.17) is 14.6 Å². The van der Waals surface area contributed by atoms with E-state index in [2.05, 4.69) is 4.98 Å². The summed E-state index contributed by atoms with van der Waals surface area (Å²) >= 11 is 0. The third-order valence-corrected chi connectivity index (χ3v) is 2.34. The van der Waals surface area contributed by atoms with Gasteiger partial charge < -0.3 is 14.6 Å². The molecule has 0 saturated carbocycles. The van der Waals surface area contributed by atoms with Gasteiger partial charge in [-0.15, -0.1) is 0 Å². The first kappa shape index (κ1) is 11.1. The number of aliphatic hydroxyl groups excluding tert-OH is 1. The molecule has 2 rings (SSSR count). The van der Waals surface area contributed by atoms with Crippen molar-refractivity contribution in [3.05, 3.63) is 32.6 Å². The van der Waals surface area contributed by atoms with E-state index in [1.165, 1.54) is 10.8 Å². The zero-order valence-corrected chi connectivity index (χ0v) is 8.67. The van der Waals surface area contributed by atoms with Gasteiger partial charge in [-0.1, -0.05) is 0 Å². The zero-order chi connectivity index (χ0) is 11.7. The van der Waals surface area contributed by atoms with Crippen molar-refractivity contribution in [2.24, 2.45) is 0 Å². The van der Waals surface area contributed by atoms with Gasteiger partial charge >= 0.3 is 5.69 Å². The maximum Gasteiger partial charge on any atom is 0.330 e. The highest BCUT2D eigenvalue weighted by molar-refractivity contribution is 5.01. The van der Waals surface area contributed by atoms with Crippen molar-refractivity contribution in [2.75, 3.05) is 13.2 Å². The van der Waals surface area contributed by atoms with Crippen molar-refractivity contribution in [1.82, 2.24) is 9.55 Å². The van der Waals surface area contributed by atoms with Crippen LogP contribution in [0, 0.1) is 6.92 Å². The molecule has 16 heavy (non-hydrogen) atoms. The third kappa shape index (κ3) is 1.92. The van der Waals surface area contributed by atoms with E-state index in [9.17, 15) is 9.59 Å². The van der Waals surface area contributed by atoms with Crippen molar-refractivity contribution in [2.45, 2.75) is 19.4 Å². The first-order valence-corrected chi connectivity index (χ1v) is 4.82. The van der Waals surface area contributed by atoms with E-state index in [0.29, 0.717) is 5.56 Å². The number of aliphatic hydroxyl groups is 1. The number of aromatic amines is 1. The summed E-state index contributed by atoms with van der Waals surface area (Å²) < 4.78 is 11.6. The number of rotatable bonds is 2. The zero-order valence-electron chi connectivity index (χ0n) is 8.67. The van der Waals surface area contributed by atoms with Gasteiger partial charge in [-0.2, -0.15) is 0 Å². The minimum atomic E-state index is -0.718. The number of ether oxygens (including phenoxy) is 2. The van der Waals surface area contributed by atoms with Crippen LogP contribution >= 0.6 is 0 Å². The lowest BCUT2D eigenvalue weighted by Crippen LogP contribution is -2.34. The summed E-state index contributed by atoms with van der Waals surface area (Å²) in [6, 6.07) is 0. The average Bonchev–Trinajstić information content (AvgIpc) is 2.71. The molecule has 0 radical (unpaired) electrons. The quantitative estimate of drug-likeness (QED) is 0.656. The average molecular weight is 228 g/mol. The molecule has 0 aliphatic carbocycles. The predicted molar refractivity (Wildman–Crippen MR) is 53.0 cm³/mol. The largest absolute Gasteiger partial charge is 0.391 e.